The molecule has 4 amide bonds. The second kappa shape index (κ2) is 9.80. The van der Waals surface area contributed by atoms with Crippen molar-refractivity contribution in [1.29, 1.82) is 0 Å². The maximum absolute atomic E-state index is 12.9. The van der Waals surface area contributed by atoms with Gasteiger partial charge in [0.15, 0.2) is 0 Å². The zero-order valence-electron chi connectivity index (χ0n) is 18.9. The second-order valence-corrected chi connectivity index (χ2v) is 11.4. The van der Waals surface area contributed by atoms with Gasteiger partial charge in [-0.1, -0.05) is 35.4 Å². The van der Waals surface area contributed by atoms with Crippen LogP contribution in [-0.2, 0) is 33.1 Å². The van der Waals surface area contributed by atoms with Gasteiger partial charge in [0, 0.05) is 0 Å². The van der Waals surface area contributed by atoms with Crippen molar-refractivity contribution in [3.8, 4) is 0 Å². The lowest BCUT2D eigenvalue weighted by Gasteiger charge is -2.20. The highest BCUT2D eigenvalue weighted by Crippen LogP contribution is 2.23. The average Bonchev–Trinajstić information content (AvgIpc) is 3.23. The molecule has 13 heteroatoms. The molecule has 186 valence electrons. The lowest BCUT2D eigenvalue weighted by Crippen LogP contribution is -2.40. The first-order chi connectivity index (χ1) is 16.3. The minimum absolute atomic E-state index is 0.00774. The van der Waals surface area contributed by atoms with Crippen LogP contribution in [0, 0.1) is 13.8 Å². The van der Waals surface area contributed by atoms with Gasteiger partial charge in [0.05, 0.1) is 22.9 Å². The Bertz CT molecular complexity index is 1340. The average molecular weight is 521 g/mol. The number of nitrogens with two attached hydrogens (primary N) is 2. The largest absolute Gasteiger partial charge is 0.462 e. The first kappa shape index (κ1) is 25.8. The fourth-order valence-corrected chi connectivity index (χ4v) is 5.65. The number of amides is 4. The summed E-state index contributed by atoms with van der Waals surface area (Å²) >= 11 is 0. The molecule has 4 N–H and O–H groups in total. The molecule has 1 heterocycles. The standard InChI is InChI=1S/C22H24N4O7S2/c1-15-3-9-19(10-4-15)34(29,30)25(21(23)27)13-17-7-8-18(33-17)14-26(22(24)28)35(31,32)20-11-5-16(2)6-12-20/h3-12H,13-14H2,1-2H3,(H2,23,27)(H2,24,28). The van der Waals surface area contributed by atoms with E-state index in [1.807, 2.05) is 0 Å². The lowest BCUT2D eigenvalue weighted by atomic mass is 10.2. The summed E-state index contributed by atoms with van der Waals surface area (Å²) in [5.74, 6) is -0.0155. The number of sulfonamides is 2. The van der Waals surface area contributed by atoms with Gasteiger partial charge in [0.25, 0.3) is 20.0 Å². The van der Waals surface area contributed by atoms with Crippen molar-refractivity contribution < 1.29 is 30.8 Å². The van der Waals surface area contributed by atoms with E-state index in [4.69, 9.17) is 15.9 Å². The number of furan rings is 1. The van der Waals surface area contributed by atoms with E-state index < -0.39 is 45.2 Å². The van der Waals surface area contributed by atoms with Gasteiger partial charge in [-0.3, -0.25) is 0 Å². The van der Waals surface area contributed by atoms with Gasteiger partial charge in [0.1, 0.15) is 11.5 Å². The van der Waals surface area contributed by atoms with Gasteiger partial charge < -0.3 is 15.9 Å². The predicted molar refractivity (Wildman–Crippen MR) is 126 cm³/mol. The van der Waals surface area contributed by atoms with Crippen LogP contribution in [0.3, 0.4) is 0 Å². The van der Waals surface area contributed by atoms with Crippen LogP contribution in [0.25, 0.3) is 0 Å². The smallest absolute Gasteiger partial charge is 0.329 e. The van der Waals surface area contributed by atoms with E-state index in [1.54, 1.807) is 38.1 Å². The van der Waals surface area contributed by atoms with E-state index in [-0.39, 0.29) is 21.3 Å². The number of carbonyl (C=O) groups excluding carboxylic acids is 2. The Hall–Kier alpha value is -3.84. The van der Waals surface area contributed by atoms with Crippen molar-refractivity contribution in [3.63, 3.8) is 0 Å². The van der Waals surface area contributed by atoms with Crippen molar-refractivity contribution in [2.45, 2.75) is 36.7 Å². The third kappa shape index (κ3) is 5.63. The molecule has 11 nitrogen and oxygen atoms in total. The van der Waals surface area contributed by atoms with Gasteiger partial charge in [-0.25, -0.2) is 35.0 Å². The molecule has 0 radical (unpaired) electrons. The molecule has 0 aliphatic heterocycles. The van der Waals surface area contributed by atoms with Crippen LogP contribution in [0.5, 0.6) is 0 Å². The number of urea groups is 2. The van der Waals surface area contributed by atoms with E-state index >= 15 is 0 Å². The van der Waals surface area contributed by atoms with Crippen molar-refractivity contribution in [2.24, 2.45) is 11.5 Å². The fourth-order valence-electron chi connectivity index (χ4n) is 3.11. The summed E-state index contributed by atoms with van der Waals surface area (Å²) in [5, 5.41) is 0. The normalized spacial score (nSPS) is 11.7. The van der Waals surface area contributed by atoms with Crippen LogP contribution in [0.4, 0.5) is 9.59 Å². The van der Waals surface area contributed by atoms with E-state index in [9.17, 15) is 26.4 Å². The monoisotopic (exact) mass is 520 g/mol. The number of benzene rings is 2. The highest BCUT2D eigenvalue weighted by molar-refractivity contribution is 7.90. The Labute approximate surface area is 203 Å². The molecule has 1 aromatic heterocycles. The molecule has 0 aliphatic carbocycles. The SMILES string of the molecule is Cc1ccc(S(=O)(=O)N(Cc2ccc(CN(C(N)=O)S(=O)(=O)c3ccc(C)cc3)o2)C(N)=O)cc1. The van der Waals surface area contributed by atoms with E-state index in [0.717, 1.165) is 11.1 Å². The summed E-state index contributed by atoms with van der Waals surface area (Å²) in [6, 6.07) is 11.9. The van der Waals surface area contributed by atoms with Crippen molar-refractivity contribution in [3.05, 3.63) is 83.3 Å². The number of aryl methyl sites for hydroxylation is 2. The molecule has 0 fully saturated rings. The number of hydrogen-bond donors (Lipinski definition) is 2. The molecule has 0 atom stereocenters. The molecular weight excluding hydrogens is 496 g/mol. The van der Waals surface area contributed by atoms with Gasteiger partial charge in [-0.15, -0.1) is 0 Å². The second-order valence-electron chi connectivity index (χ2n) is 7.69. The Balaban J connectivity index is 1.85. The van der Waals surface area contributed by atoms with Gasteiger partial charge in [-0.05, 0) is 50.2 Å². The third-order valence-electron chi connectivity index (χ3n) is 5.03. The predicted octanol–water partition coefficient (Wildman–Crippen LogP) is 2.44. The summed E-state index contributed by atoms with van der Waals surface area (Å²) in [5.41, 5.74) is 12.3. The maximum atomic E-state index is 12.9. The molecule has 35 heavy (non-hydrogen) atoms. The quantitative estimate of drug-likeness (QED) is 0.458. The maximum Gasteiger partial charge on any atom is 0.329 e. The number of carbonyl (C=O) groups is 2. The number of rotatable bonds is 8. The molecule has 0 aliphatic rings. The summed E-state index contributed by atoms with van der Waals surface area (Å²) in [6.07, 6.45) is 0. The minimum atomic E-state index is -4.29. The molecule has 3 rings (SSSR count). The zero-order chi connectivity index (χ0) is 26.0. The molecule has 0 unspecified atom stereocenters. The fraction of sp³-hybridized carbons (Fsp3) is 0.182. The molecule has 0 bridgehead atoms. The van der Waals surface area contributed by atoms with E-state index in [2.05, 4.69) is 0 Å². The Morgan fingerprint density at radius 2 is 0.971 bits per heavy atom. The van der Waals surface area contributed by atoms with Gasteiger partial charge >= 0.3 is 12.1 Å². The molecule has 2 aromatic carbocycles. The van der Waals surface area contributed by atoms with Crippen LogP contribution < -0.4 is 11.5 Å². The molecule has 0 saturated heterocycles. The summed E-state index contributed by atoms with van der Waals surface area (Å²) in [6.45, 7) is 2.46. The highest BCUT2D eigenvalue weighted by Gasteiger charge is 2.31. The van der Waals surface area contributed by atoms with Gasteiger partial charge in [0.2, 0.25) is 0 Å². The van der Waals surface area contributed by atoms with E-state index in [0.29, 0.717) is 8.61 Å². The number of nitrogens with zero attached hydrogens (tertiary/aromatic N) is 2. The minimum Gasteiger partial charge on any atom is -0.462 e. The first-order valence-corrected chi connectivity index (χ1v) is 13.1. The summed E-state index contributed by atoms with van der Waals surface area (Å²) in [4.78, 5) is 23.6. The Kier molecular flexibility index (Phi) is 7.22. The summed E-state index contributed by atoms with van der Waals surface area (Å²) < 4.78 is 58.0. The Morgan fingerprint density at radius 3 is 1.26 bits per heavy atom. The van der Waals surface area contributed by atoms with Crippen molar-refractivity contribution in [2.75, 3.05) is 0 Å². The lowest BCUT2D eigenvalue weighted by molar-refractivity contribution is 0.226. The van der Waals surface area contributed by atoms with Crippen LogP contribution in [0.15, 0.2) is 74.9 Å². The summed E-state index contributed by atoms with van der Waals surface area (Å²) in [7, 11) is -8.57. The van der Waals surface area contributed by atoms with E-state index in [1.165, 1.54) is 36.4 Å². The molecular formula is C22H24N4O7S2. The van der Waals surface area contributed by atoms with Crippen LogP contribution in [0.2, 0.25) is 0 Å². The van der Waals surface area contributed by atoms with Crippen molar-refractivity contribution >= 4 is 32.1 Å². The Morgan fingerprint density at radius 1 is 0.657 bits per heavy atom. The topological polar surface area (TPSA) is 174 Å². The van der Waals surface area contributed by atoms with Gasteiger partial charge in [-0.2, -0.15) is 0 Å². The zero-order valence-corrected chi connectivity index (χ0v) is 20.5. The first-order valence-electron chi connectivity index (χ1n) is 10.2. The van der Waals surface area contributed by atoms with Crippen molar-refractivity contribution in [1.82, 2.24) is 8.61 Å². The molecule has 0 saturated carbocycles. The third-order valence-corrected chi connectivity index (χ3v) is 8.54. The number of hydrogen-bond acceptors (Lipinski definition) is 7. The van der Waals surface area contributed by atoms with Crippen LogP contribution in [0.1, 0.15) is 22.6 Å². The highest BCUT2D eigenvalue weighted by atomic mass is 32.2. The van der Waals surface area contributed by atoms with Crippen LogP contribution in [-0.4, -0.2) is 37.5 Å². The van der Waals surface area contributed by atoms with Crippen LogP contribution >= 0.6 is 0 Å². The molecule has 0 spiro atoms. The number of primary amides is 2. The molecule has 3 aromatic rings.